The molecule has 5 nitrogen and oxygen atoms in total. The highest BCUT2D eigenvalue weighted by Gasteiger charge is 2.11. The number of hydrogen-bond donors (Lipinski definition) is 2. The van der Waals surface area contributed by atoms with Crippen molar-refractivity contribution in [1.82, 2.24) is 10.4 Å². The highest BCUT2D eigenvalue weighted by atomic mass is 31.2. The molecule has 0 unspecified atom stereocenters. The topological polar surface area (TPSA) is 69.6 Å². The molecular weight excluding hydrogens is 323 g/mol. The molecule has 0 spiro atoms. The first kappa shape index (κ1) is 25.6. The van der Waals surface area contributed by atoms with Crippen molar-refractivity contribution < 1.29 is 14.6 Å². The van der Waals surface area contributed by atoms with Crippen LogP contribution in [0.3, 0.4) is 0 Å². The van der Waals surface area contributed by atoms with E-state index < -0.39 is 7.14 Å². The van der Waals surface area contributed by atoms with E-state index in [2.05, 4.69) is 11.9 Å². The first-order chi connectivity index (χ1) is 11.4. The van der Waals surface area contributed by atoms with E-state index in [1.807, 2.05) is 19.9 Å². The first-order valence-electron chi connectivity index (χ1n) is 9.21. The van der Waals surface area contributed by atoms with Crippen molar-refractivity contribution in [3.63, 3.8) is 0 Å². The molecule has 0 radical (unpaired) electrons. The summed E-state index contributed by atoms with van der Waals surface area (Å²) in [5.74, 6) is -0.277. The Morgan fingerprint density at radius 1 is 1.08 bits per heavy atom. The van der Waals surface area contributed by atoms with E-state index in [-0.39, 0.29) is 12.6 Å². The average molecular weight is 362 g/mol. The van der Waals surface area contributed by atoms with Crippen molar-refractivity contribution in [2.24, 2.45) is 0 Å². The van der Waals surface area contributed by atoms with Gasteiger partial charge in [-0.05, 0) is 32.6 Å². The molecule has 0 aliphatic carbocycles. The van der Waals surface area contributed by atoms with Crippen LogP contribution in [0.4, 0.5) is 0 Å². The fourth-order valence-corrected chi connectivity index (χ4v) is 2.73. The van der Waals surface area contributed by atoms with E-state index in [1.165, 1.54) is 25.7 Å². The van der Waals surface area contributed by atoms with Crippen LogP contribution < -0.4 is 5.32 Å². The summed E-state index contributed by atoms with van der Waals surface area (Å²) < 4.78 is 11.5. The molecular formula is C18H39N2O3P. The summed E-state index contributed by atoms with van der Waals surface area (Å²) >= 11 is 0. The van der Waals surface area contributed by atoms with Crippen LogP contribution in [-0.4, -0.2) is 42.5 Å². The van der Waals surface area contributed by atoms with Crippen molar-refractivity contribution >= 4 is 13.0 Å². The Morgan fingerprint density at radius 3 is 2.08 bits per heavy atom. The van der Waals surface area contributed by atoms with Gasteiger partial charge in [0.1, 0.15) is 0 Å². The van der Waals surface area contributed by atoms with Crippen LogP contribution in [0.5, 0.6) is 0 Å². The molecule has 24 heavy (non-hydrogen) atoms. The predicted octanol–water partition coefficient (Wildman–Crippen LogP) is 5.05. The maximum absolute atomic E-state index is 11.7. The second-order valence-corrected chi connectivity index (χ2v) is 9.70. The summed E-state index contributed by atoms with van der Waals surface area (Å²) in [5.41, 5.74) is 0. The Labute approximate surface area is 149 Å². The fourth-order valence-electron chi connectivity index (χ4n) is 2.09. The number of rotatable bonds is 14. The van der Waals surface area contributed by atoms with Crippen LogP contribution in [0.2, 0.25) is 0 Å². The molecule has 0 aromatic carbocycles. The van der Waals surface area contributed by atoms with Crippen molar-refractivity contribution in [3.05, 3.63) is 12.7 Å². The molecule has 0 aliphatic rings. The Balaban J connectivity index is 0. The summed E-state index contributed by atoms with van der Waals surface area (Å²) in [4.78, 5) is 11.7. The van der Waals surface area contributed by atoms with Gasteiger partial charge in [-0.2, -0.15) is 0 Å². The Bertz CT molecular complexity index is 356. The number of allylic oxidation sites excluding steroid dienone is 1. The quantitative estimate of drug-likeness (QED) is 0.113. The van der Waals surface area contributed by atoms with E-state index in [0.29, 0.717) is 17.8 Å². The van der Waals surface area contributed by atoms with E-state index >= 15 is 0 Å². The molecule has 144 valence electrons. The van der Waals surface area contributed by atoms with E-state index in [9.17, 15) is 14.6 Å². The minimum atomic E-state index is -2.16. The average Bonchev–Trinajstić information content (AvgIpc) is 2.53. The molecule has 1 amide bonds. The van der Waals surface area contributed by atoms with Gasteiger partial charge in [-0.25, -0.2) is 5.06 Å². The van der Waals surface area contributed by atoms with Crippen LogP contribution in [0.25, 0.3) is 0 Å². The zero-order valence-corrected chi connectivity index (χ0v) is 17.1. The van der Waals surface area contributed by atoms with E-state index in [1.54, 1.807) is 13.3 Å². The maximum Gasteiger partial charge on any atom is 0.247 e. The number of nitrogens with one attached hydrogen (secondary N) is 1. The highest BCUT2D eigenvalue weighted by molar-refractivity contribution is 7.62. The summed E-state index contributed by atoms with van der Waals surface area (Å²) in [5, 5.41) is 13.1. The molecule has 0 aromatic heterocycles. The Kier molecular flexibility index (Phi) is 18.3. The standard InChI is InChI=1S/C16H33N2O3P.C2H6/c1-4-5-6-7-8-9-10-11-12-13-16(19)18(20)14-17-15-22(2,3)21;1-2/h4,17,20H,1,5-15H2,2-3H3;1-2H3. The van der Waals surface area contributed by atoms with E-state index in [4.69, 9.17) is 0 Å². The lowest BCUT2D eigenvalue weighted by molar-refractivity contribution is -0.166. The summed E-state index contributed by atoms with van der Waals surface area (Å²) in [6.45, 7) is 11.1. The van der Waals surface area contributed by atoms with Crippen molar-refractivity contribution in [2.45, 2.75) is 71.6 Å². The van der Waals surface area contributed by atoms with Gasteiger partial charge in [-0.1, -0.05) is 52.0 Å². The van der Waals surface area contributed by atoms with Gasteiger partial charge >= 0.3 is 0 Å². The lowest BCUT2D eigenvalue weighted by Gasteiger charge is -2.16. The second-order valence-electron chi connectivity index (χ2n) is 6.24. The molecule has 0 rings (SSSR count). The smallest absolute Gasteiger partial charge is 0.247 e. The van der Waals surface area contributed by atoms with Crippen molar-refractivity contribution in [3.8, 4) is 0 Å². The number of nitrogens with zero attached hydrogens (tertiary/aromatic N) is 1. The number of unbranched alkanes of at least 4 members (excludes halogenated alkanes) is 7. The molecule has 0 heterocycles. The van der Waals surface area contributed by atoms with Gasteiger partial charge < -0.3 is 4.57 Å². The van der Waals surface area contributed by atoms with E-state index in [0.717, 1.165) is 25.7 Å². The number of carbonyl (C=O) groups is 1. The summed E-state index contributed by atoms with van der Waals surface area (Å²) in [6, 6.07) is 0. The fraction of sp³-hybridized carbons (Fsp3) is 0.833. The molecule has 0 saturated carbocycles. The van der Waals surface area contributed by atoms with Gasteiger partial charge in [-0.3, -0.25) is 15.3 Å². The second kappa shape index (κ2) is 17.2. The van der Waals surface area contributed by atoms with Gasteiger partial charge in [0.2, 0.25) is 5.91 Å². The third-order valence-corrected chi connectivity index (χ3v) is 4.33. The van der Waals surface area contributed by atoms with Crippen LogP contribution in [0.1, 0.15) is 71.6 Å². The third-order valence-electron chi connectivity index (χ3n) is 3.34. The van der Waals surface area contributed by atoms with Crippen LogP contribution in [-0.2, 0) is 9.36 Å². The minimum absolute atomic E-state index is 0.0355. The van der Waals surface area contributed by atoms with Crippen LogP contribution in [0, 0.1) is 0 Å². The molecule has 0 fully saturated rings. The Morgan fingerprint density at radius 2 is 1.58 bits per heavy atom. The van der Waals surface area contributed by atoms with Crippen LogP contribution >= 0.6 is 7.14 Å². The summed E-state index contributed by atoms with van der Waals surface area (Å²) in [7, 11) is -2.16. The van der Waals surface area contributed by atoms with Crippen LogP contribution in [0.15, 0.2) is 12.7 Å². The lowest BCUT2D eigenvalue weighted by atomic mass is 10.1. The largest absolute Gasteiger partial charge is 0.323 e. The molecule has 2 N–H and O–H groups in total. The van der Waals surface area contributed by atoms with Gasteiger partial charge in [-0.15, -0.1) is 6.58 Å². The molecule has 0 saturated heterocycles. The molecule has 0 aromatic rings. The van der Waals surface area contributed by atoms with Gasteiger partial charge in [0, 0.05) is 6.42 Å². The number of amides is 1. The highest BCUT2D eigenvalue weighted by Crippen LogP contribution is 2.33. The monoisotopic (exact) mass is 362 g/mol. The van der Waals surface area contributed by atoms with Crippen molar-refractivity contribution in [1.29, 1.82) is 0 Å². The molecule has 6 heteroatoms. The molecule has 0 atom stereocenters. The maximum atomic E-state index is 11.7. The zero-order chi connectivity index (χ0) is 18.8. The molecule has 0 bridgehead atoms. The number of hydrogen-bond acceptors (Lipinski definition) is 4. The molecule has 0 aliphatic heterocycles. The zero-order valence-electron chi connectivity index (χ0n) is 16.2. The van der Waals surface area contributed by atoms with Crippen molar-refractivity contribution in [2.75, 3.05) is 26.3 Å². The summed E-state index contributed by atoms with van der Waals surface area (Å²) in [6.07, 6.45) is 11.6. The minimum Gasteiger partial charge on any atom is -0.323 e. The number of hydroxylamine groups is 2. The first-order valence-corrected chi connectivity index (χ1v) is 12.0. The van der Waals surface area contributed by atoms with Gasteiger partial charge in [0.05, 0.1) is 20.1 Å². The number of carbonyl (C=O) groups excluding carboxylic acids is 1. The SMILES string of the molecule is C=CCCCCCCCCCC(=O)N(O)CNCP(C)(C)=O.CC. The van der Waals surface area contributed by atoms with Gasteiger partial charge in [0.15, 0.2) is 0 Å². The Hall–Kier alpha value is -0.640. The lowest BCUT2D eigenvalue weighted by Crippen LogP contribution is -2.36. The predicted molar refractivity (Wildman–Crippen MR) is 104 cm³/mol. The third kappa shape index (κ3) is 19.4. The van der Waals surface area contributed by atoms with Gasteiger partial charge in [0.25, 0.3) is 0 Å². The normalized spacial score (nSPS) is 10.7.